The minimum Gasteiger partial charge on any atom is -0.352 e. The molecule has 0 aliphatic heterocycles. The number of nitrogens with two attached hydrogens (primary N) is 1. The van der Waals surface area contributed by atoms with Gasteiger partial charge in [0.15, 0.2) is 0 Å². The molecule has 0 heterocycles. The van der Waals surface area contributed by atoms with Crippen molar-refractivity contribution in [1.29, 1.82) is 0 Å². The normalized spacial score (nSPS) is 11.7. The predicted molar refractivity (Wildman–Crippen MR) is 68.1 cm³/mol. The van der Waals surface area contributed by atoms with E-state index in [1.165, 1.54) is 13.0 Å². The summed E-state index contributed by atoms with van der Waals surface area (Å²) in [6.45, 7) is 1.52. The van der Waals surface area contributed by atoms with Gasteiger partial charge in [-0.2, -0.15) is 0 Å². The van der Waals surface area contributed by atoms with Crippen molar-refractivity contribution >= 4 is 27.9 Å². The Hall–Kier alpha value is -1.63. The second-order valence-corrected chi connectivity index (χ2v) is 4.60. The minimum absolute atomic E-state index is 0.0366. The number of primary amides is 1. The molecule has 5 nitrogen and oxygen atoms in total. The number of carbonyl (C=O) groups is 2. The van der Waals surface area contributed by atoms with Gasteiger partial charge in [0.1, 0.15) is 11.9 Å². The molecule has 3 amide bonds. The molecule has 0 aliphatic carbocycles. The number of carbonyl (C=O) groups excluding carboxylic acids is 2. The highest BCUT2D eigenvalue weighted by Gasteiger charge is 2.14. The van der Waals surface area contributed by atoms with Crippen LogP contribution < -0.4 is 16.4 Å². The fraction of sp³-hybridized carbons (Fsp3) is 0.273. The van der Waals surface area contributed by atoms with Gasteiger partial charge in [-0.05, 0) is 25.1 Å². The molecule has 7 heteroatoms. The second kappa shape index (κ2) is 6.34. The number of nitrogens with one attached hydrogen (secondary N) is 2. The largest absolute Gasteiger partial charge is 0.352 e. The van der Waals surface area contributed by atoms with Crippen molar-refractivity contribution in [3.8, 4) is 0 Å². The number of hydrogen-bond donors (Lipinski definition) is 3. The smallest absolute Gasteiger partial charge is 0.312 e. The van der Waals surface area contributed by atoms with E-state index in [-0.39, 0.29) is 6.54 Å². The Morgan fingerprint density at radius 2 is 2.17 bits per heavy atom. The first-order valence-electron chi connectivity index (χ1n) is 5.17. The fourth-order valence-corrected chi connectivity index (χ4v) is 1.70. The predicted octanol–water partition coefficient (Wildman–Crippen LogP) is 1.26. The fourth-order valence-electron chi connectivity index (χ4n) is 1.29. The second-order valence-electron chi connectivity index (χ2n) is 3.68. The van der Waals surface area contributed by atoms with Gasteiger partial charge >= 0.3 is 6.03 Å². The molecule has 1 rings (SSSR count). The topological polar surface area (TPSA) is 84.2 Å². The van der Waals surface area contributed by atoms with E-state index in [0.29, 0.717) is 5.56 Å². The number of amides is 3. The summed E-state index contributed by atoms with van der Waals surface area (Å²) in [5.74, 6) is -0.845. The van der Waals surface area contributed by atoms with Crippen LogP contribution in [0.4, 0.5) is 9.18 Å². The van der Waals surface area contributed by atoms with Crippen LogP contribution in [0.5, 0.6) is 0 Å². The molecular formula is C11H13BrFN3O2. The zero-order valence-electron chi connectivity index (χ0n) is 9.67. The summed E-state index contributed by atoms with van der Waals surface area (Å²) >= 11 is 3.21. The van der Waals surface area contributed by atoms with Gasteiger partial charge in [-0.1, -0.05) is 15.9 Å². The Kier molecular flexibility index (Phi) is 5.08. The van der Waals surface area contributed by atoms with Gasteiger partial charge < -0.3 is 16.4 Å². The first-order chi connectivity index (χ1) is 8.40. The van der Waals surface area contributed by atoms with Crippen LogP contribution in [0.1, 0.15) is 12.5 Å². The molecule has 0 radical (unpaired) electrons. The molecule has 0 unspecified atom stereocenters. The third-order valence-corrected chi connectivity index (χ3v) is 2.71. The first kappa shape index (κ1) is 14.4. The lowest BCUT2D eigenvalue weighted by Crippen LogP contribution is -2.46. The summed E-state index contributed by atoms with van der Waals surface area (Å²) < 4.78 is 14.1. The monoisotopic (exact) mass is 317 g/mol. The number of benzene rings is 1. The lowest BCUT2D eigenvalue weighted by atomic mass is 10.2. The SMILES string of the molecule is C[C@H](NC(N)=O)C(=O)NCc1cc(Br)ccc1F. The van der Waals surface area contributed by atoms with Crippen LogP contribution in [0.3, 0.4) is 0 Å². The average Bonchev–Trinajstić information content (AvgIpc) is 2.29. The molecule has 4 N–H and O–H groups in total. The lowest BCUT2D eigenvalue weighted by molar-refractivity contribution is -0.122. The molecule has 18 heavy (non-hydrogen) atoms. The molecule has 0 saturated carbocycles. The van der Waals surface area contributed by atoms with Crippen molar-refractivity contribution in [3.63, 3.8) is 0 Å². The van der Waals surface area contributed by atoms with Crippen molar-refractivity contribution in [2.24, 2.45) is 5.73 Å². The Labute approximate surface area is 112 Å². The van der Waals surface area contributed by atoms with Crippen LogP contribution in [0, 0.1) is 5.82 Å². The number of rotatable bonds is 4. The molecule has 1 aromatic carbocycles. The summed E-state index contributed by atoms with van der Waals surface area (Å²) in [7, 11) is 0. The maximum Gasteiger partial charge on any atom is 0.312 e. The lowest BCUT2D eigenvalue weighted by Gasteiger charge is -2.12. The average molecular weight is 318 g/mol. The quantitative estimate of drug-likeness (QED) is 0.781. The van der Waals surface area contributed by atoms with E-state index >= 15 is 0 Å². The van der Waals surface area contributed by atoms with Crippen molar-refractivity contribution < 1.29 is 14.0 Å². The van der Waals surface area contributed by atoms with Crippen LogP contribution in [0.25, 0.3) is 0 Å². The van der Waals surface area contributed by atoms with Crippen molar-refractivity contribution in [3.05, 3.63) is 34.1 Å². The van der Waals surface area contributed by atoms with E-state index in [1.807, 2.05) is 0 Å². The van der Waals surface area contributed by atoms with Crippen LogP contribution in [-0.2, 0) is 11.3 Å². The summed E-state index contributed by atoms with van der Waals surface area (Å²) in [4.78, 5) is 22.1. The molecule has 0 bridgehead atoms. The van der Waals surface area contributed by atoms with Crippen LogP contribution >= 0.6 is 15.9 Å². The van der Waals surface area contributed by atoms with E-state index in [9.17, 15) is 14.0 Å². The van der Waals surface area contributed by atoms with E-state index < -0.39 is 23.8 Å². The highest BCUT2D eigenvalue weighted by Crippen LogP contribution is 2.15. The minimum atomic E-state index is -0.786. The van der Waals surface area contributed by atoms with Gasteiger partial charge in [0.2, 0.25) is 5.91 Å². The molecule has 0 saturated heterocycles. The Morgan fingerprint density at radius 1 is 1.50 bits per heavy atom. The summed E-state index contributed by atoms with van der Waals surface area (Å²) in [6, 6.07) is 2.89. The van der Waals surface area contributed by atoms with Gasteiger partial charge in [-0.15, -0.1) is 0 Å². The maximum absolute atomic E-state index is 13.4. The van der Waals surface area contributed by atoms with E-state index in [1.54, 1.807) is 12.1 Å². The Bertz CT molecular complexity index is 468. The Balaban J connectivity index is 2.57. The van der Waals surface area contributed by atoms with Crippen molar-refractivity contribution in [2.75, 3.05) is 0 Å². The van der Waals surface area contributed by atoms with Gasteiger partial charge in [-0.3, -0.25) is 4.79 Å². The number of halogens is 2. The zero-order valence-corrected chi connectivity index (χ0v) is 11.3. The van der Waals surface area contributed by atoms with E-state index in [2.05, 4.69) is 26.6 Å². The van der Waals surface area contributed by atoms with Gasteiger partial charge in [0.25, 0.3) is 0 Å². The molecule has 98 valence electrons. The third-order valence-electron chi connectivity index (χ3n) is 2.21. The maximum atomic E-state index is 13.4. The van der Waals surface area contributed by atoms with Gasteiger partial charge in [0.05, 0.1) is 0 Å². The molecule has 1 aromatic rings. The van der Waals surface area contributed by atoms with Gasteiger partial charge in [-0.25, -0.2) is 9.18 Å². The zero-order chi connectivity index (χ0) is 13.7. The molecule has 0 fully saturated rings. The van der Waals surface area contributed by atoms with Crippen LogP contribution in [0.2, 0.25) is 0 Å². The van der Waals surface area contributed by atoms with E-state index in [4.69, 9.17) is 5.73 Å². The Morgan fingerprint density at radius 3 is 2.78 bits per heavy atom. The summed E-state index contributed by atoms with van der Waals surface area (Å²) in [6.07, 6.45) is 0. The highest BCUT2D eigenvalue weighted by molar-refractivity contribution is 9.10. The van der Waals surface area contributed by atoms with Crippen LogP contribution in [-0.4, -0.2) is 18.0 Å². The molecule has 0 aromatic heterocycles. The van der Waals surface area contributed by atoms with Crippen molar-refractivity contribution in [2.45, 2.75) is 19.5 Å². The molecular weight excluding hydrogens is 305 g/mol. The van der Waals surface area contributed by atoms with Crippen LogP contribution in [0.15, 0.2) is 22.7 Å². The van der Waals surface area contributed by atoms with Gasteiger partial charge in [0, 0.05) is 16.6 Å². The van der Waals surface area contributed by atoms with E-state index in [0.717, 1.165) is 4.47 Å². The standard InChI is InChI=1S/C11H13BrFN3O2/c1-6(16-11(14)18)10(17)15-5-7-4-8(12)2-3-9(7)13/h2-4,6H,5H2,1H3,(H,15,17)(H3,14,16,18)/t6-/m0/s1. The van der Waals surface area contributed by atoms with Crippen molar-refractivity contribution in [1.82, 2.24) is 10.6 Å². The number of hydrogen-bond acceptors (Lipinski definition) is 2. The number of urea groups is 1. The first-order valence-corrected chi connectivity index (χ1v) is 5.97. The third kappa shape index (κ3) is 4.33. The molecule has 0 spiro atoms. The molecule has 1 atom stereocenters. The highest BCUT2D eigenvalue weighted by atomic mass is 79.9. The molecule has 0 aliphatic rings. The summed E-state index contributed by atoms with van der Waals surface area (Å²) in [5.41, 5.74) is 5.24. The summed E-state index contributed by atoms with van der Waals surface area (Å²) in [5, 5.41) is 4.73.